The lowest BCUT2D eigenvalue weighted by Crippen LogP contribution is -2.44. The van der Waals surface area contributed by atoms with Crippen molar-refractivity contribution in [2.45, 2.75) is 65.6 Å². The quantitative estimate of drug-likeness (QED) is 0.216. The number of carbonyl (C=O) groups excluding carboxylic acids is 3. The van der Waals surface area contributed by atoms with Gasteiger partial charge in [-0.3, -0.25) is 14.5 Å². The van der Waals surface area contributed by atoms with Gasteiger partial charge in [-0.1, -0.05) is 55.8 Å². The van der Waals surface area contributed by atoms with E-state index in [2.05, 4.69) is 38.1 Å². The van der Waals surface area contributed by atoms with Gasteiger partial charge in [0.05, 0.1) is 5.56 Å². The fourth-order valence-electron chi connectivity index (χ4n) is 7.12. The van der Waals surface area contributed by atoms with Crippen LogP contribution in [-0.4, -0.2) is 70.3 Å². The van der Waals surface area contributed by atoms with Crippen LogP contribution in [0.5, 0.6) is 0 Å². The van der Waals surface area contributed by atoms with E-state index in [4.69, 9.17) is 0 Å². The van der Waals surface area contributed by atoms with Crippen molar-refractivity contribution in [3.05, 3.63) is 112 Å². The maximum absolute atomic E-state index is 14.7. The molecule has 4 aromatic rings. The number of hydrogen-bond donors (Lipinski definition) is 0. The van der Waals surface area contributed by atoms with Crippen molar-refractivity contribution < 1.29 is 14.4 Å². The average Bonchev–Trinajstić information content (AvgIpc) is 3.41. The van der Waals surface area contributed by atoms with Crippen molar-refractivity contribution in [2.75, 3.05) is 32.1 Å². The van der Waals surface area contributed by atoms with E-state index in [1.54, 1.807) is 16.8 Å². The first-order valence-corrected chi connectivity index (χ1v) is 17.1. The summed E-state index contributed by atoms with van der Waals surface area (Å²) in [5.74, 6) is -0.0435. The Labute approximate surface area is 284 Å². The number of aromatic nitrogens is 1. The molecule has 3 heterocycles. The third-order valence-electron chi connectivity index (χ3n) is 10.3. The Kier molecular flexibility index (Phi) is 9.45. The number of amides is 4. The summed E-state index contributed by atoms with van der Waals surface area (Å²) in [6, 6.07) is 24.1. The van der Waals surface area contributed by atoms with Crippen LogP contribution < -0.4 is 4.90 Å². The van der Waals surface area contributed by atoms with Crippen molar-refractivity contribution in [1.29, 1.82) is 0 Å². The highest BCUT2D eigenvalue weighted by Gasteiger charge is 2.32. The molecule has 2 aliphatic heterocycles. The Morgan fingerprint density at radius 2 is 1.56 bits per heavy atom. The van der Waals surface area contributed by atoms with Gasteiger partial charge in [0.2, 0.25) is 0 Å². The number of urea groups is 1. The molecule has 0 unspecified atom stereocenters. The number of fused-ring (bicyclic) bond motifs is 2. The molecule has 0 aliphatic carbocycles. The molecule has 0 bridgehead atoms. The van der Waals surface area contributed by atoms with Gasteiger partial charge in [0.15, 0.2) is 0 Å². The van der Waals surface area contributed by atoms with Gasteiger partial charge in [-0.2, -0.15) is 0 Å². The van der Waals surface area contributed by atoms with Crippen LogP contribution in [0.2, 0.25) is 0 Å². The second kappa shape index (κ2) is 13.7. The van der Waals surface area contributed by atoms with E-state index in [0.717, 1.165) is 53.0 Å². The third kappa shape index (κ3) is 6.23. The predicted molar refractivity (Wildman–Crippen MR) is 191 cm³/mol. The monoisotopic (exact) mass is 645 g/mol. The molecular formula is C40H47N5O3. The zero-order valence-corrected chi connectivity index (χ0v) is 29.1. The van der Waals surface area contributed by atoms with Crippen molar-refractivity contribution in [1.82, 2.24) is 19.3 Å². The minimum Gasteiger partial charge on any atom is -0.347 e. The molecule has 0 saturated carbocycles. The molecule has 2 aliphatic rings. The van der Waals surface area contributed by atoms with Gasteiger partial charge in [-0.25, -0.2) is 4.79 Å². The highest BCUT2D eigenvalue weighted by Crippen LogP contribution is 2.35. The Balaban J connectivity index is 1.40. The van der Waals surface area contributed by atoms with E-state index in [-0.39, 0.29) is 23.9 Å². The molecule has 4 amide bonds. The molecule has 1 atom stereocenters. The zero-order chi connectivity index (χ0) is 34.1. The Morgan fingerprint density at radius 3 is 2.29 bits per heavy atom. The first kappa shape index (κ1) is 33.1. The Bertz CT molecular complexity index is 1850. The Morgan fingerprint density at radius 1 is 0.854 bits per heavy atom. The molecule has 0 radical (unpaired) electrons. The van der Waals surface area contributed by atoms with E-state index in [0.29, 0.717) is 43.7 Å². The number of carbonyl (C=O) groups is 3. The van der Waals surface area contributed by atoms with Gasteiger partial charge in [-0.05, 0) is 85.7 Å². The molecule has 6 rings (SSSR count). The first-order valence-electron chi connectivity index (χ1n) is 17.1. The summed E-state index contributed by atoms with van der Waals surface area (Å²) in [6.45, 7) is 8.44. The second-order valence-electron chi connectivity index (χ2n) is 13.4. The largest absolute Gasteiger partial charge is 0.347 e. The predicted octanol–water partition coefficient (Wildman–Crippen LogP) is 7.07. The smallest absolute Gasteiger partial charge is 0.324 e. The topological polar surface area (TPSA) is 69.1 Å². The lowest BCUT2D eigenvalue weighted by atomic mass is 9.90. The van der Waals surface area contributed by atoms with Gasteiger partial charge in [0.1, 0.15) is 0 Å². The maximum Gasteiger partial charge on any atom is 0.324 e. The van der Waals surface area contributed by atoms with Crippen LogP contribution in [0.1, 0.15) is 75.4 Å². The molecule has 48 heavy (non-hydrogen) atoms. The van der Waals surface area contributed by atoms with Gasteiger partial charge < -0.3 is 19.3 Å². The summed E-state index contributed by atoms with van der Waals surface area (Å²) < 4.78 is 2.04. The normalized spacial score (nSPS) is 15.5. The number of para-hydroxylation sites is 1. The van der Waals surface area contributed by atoms with Crippen LogP contribution >= 0.6 is 0 Å². The number of unbranched alkanes of at least 4 members (excludes halogenated alkanes) is 1. The summed E-state index contributed by atoms with van der Waals surface area (Å²) in [5.41, 5.74) is 9.19. The van der Waals surface area contributed by atoms with Gasteiger partial charge >= 0.3 is 6.03 Å². The summed E-state index contributed by atoms with van der Waals surface area (Å²) in [4.78, 5) is 49.2. The summed E-state index contributed by atoms with van der Waals surface area (Å²) in [5, 5.41) is 0. The molecule has 8 nitrogen and oxygen atoms in total. The Hall–Kier alpha value is -4.85. The zero-order valence-electron chi connectivity index (χ0n) is 29.1. The van der Waals surface area contributed by atoms with Gasteiger partial charge in [-0.15, -0.1) is 0 Å². The standard InChI is InChI=1S/C40H47N5O3/c1-7-8-19-41(4)38(46)34-24-37(42(5)28(34)3)35-22-30-18-20-44(40(48)43(6)33-16-10-9-11-17-33)25-32(30)23-36(35)39(47)45-26-31-15-13-12-14-29(31)21-27(45)2/h9-17,22-24,27H,7-8,18-21,25-26H2,1-6H3/t27-/m1/s1. The molecule has 250 valence electrons. The van der Waals surface area contributed by atoms with Crippen molar-refractivity contribution >= 4 is 23.5 Å². The van der Waals surface area contributed by atoms with E-state index in [1.165, 1.54) is 11.1 Å². The lowest BCUT2D eigenvalue weighted by Gasteiger charge is -2.36. The minimum atomic E-state index is -0.0709. The number of anilines is 1. The third-order valence-corrected chi connectivity index (χ3v) is 10.3. The lowest BCUT2D eigenvalue weighted by molar-refractivity contribution is 0.0658. The van der Waals surface area contributed by atoms with Crippen LogP contribution in [0, 0.1) is 6.92 Å². The van der Waals surface area contributed by atoms with E-state index in [9.17, 15) is 14.4 Å². The number of rotatable bonds is 7. The first-order chi connectivity index (χ1) is 23.1. The van der Waals surface area contributed by atoms with Crippen LogP contribution in [0.15, 0.2) is 72.8 Å². The molecular weight excluding hydrogens is 598 g/mol. The van der Waals surface area contributed by atoms with Crippen LogP contribution in [-0.2, 0) is 33.0 Å². The maximum atomic E-state index is 14.7. The SMILES string of the molecule is CCCCN(C)C(=O)c1cc(-c2cc3c(cc2C(=O)N2Cc4ccccc4C[C@H]2C)CN(C(=O)N(C)c2ccccc2)CC3)n(C)c1C. The summed E-state index contributed by atoms with van der Waals surface area (Å²) in [7, 11) is 5.63. The molecule has 1 aromatic heterocycles. The molecule has 0 fully saturated rings. The molecule has 3 aromatic carbocycles. The van der Waals surface area contributed by atoms with Crippen molar-refractivity contribution in [3.63, 3.8) is 0 Å². The van der Waals surface area contributed by atoms with Crippen molar-refractivity contribution in [3.8, 4) is 11.3 Å². The fraction of sp³-hybridized carbons (Fsp3) is 0.375. The second-order valence-corrected chi connectivity index (χ2v) is 13.4. The average molecular weight is 646 g/mol. The minimum absolute atomic E-state index is 0.00779. The molecule has 0 N–H and O–H groups in total. The number of benzene rings is 3. The van der Waals surface area contributed by atoms with E-state index >= 15 is 0 Å². The summed E-state index contributed by atoms with van der Waals surface area (Å²) >= 11 is 0. The van der Waals surface area contributed by atoms with E-state index < -0.39 is 0 Å². The fourth-order valence-corrected chi connectivity index (χ4v) is 7.12. The molecule has 0 saturated heterocycles. The van der Waals surface area contributed by atoms with Crippen LogP contribution in [0.25, 0.3) is 11.3 Å². The van der Waals surface area contributed by atoms with Crippen LogP contribution in [0.4, 0.5) is 10.5 Å². The highest BCUT2D eigenvalue weighted by molar-refractivity contribution is 6.03. The van der Waals surface area contributed by atoms with Gasteiger partial charge in [0, 0.05) is 81.6 Å². The highest BCUT2D eigenvalue weighted by atomic mass is 16.2. The molecule has 0 spiro atoms. The molecule has 8 heteroatoms. The van der Waals surface area contributed by atoms with E-state index in [1.807, 2.05) is 83.9 Å². The number of nitrogens with zero attached hydrogens (tertiary/aromatic N) is 5. The summed E-state index contributed by atoms with van der Waals surface area (Å²) in [6.07, 6.45) is 3.43. The number of hydrogen-bond acceptors (Lipinski definition) is 3. The van der Waals surface area contributed by atoms with Crippen molar-refractivity contribution in [2.24, 2.45) is 7.05 Å². The van der Waals surface area contributed by atoms with Gasteiger partial charge in [0.25, 0.3) is 11.8 Å². The van der Waals surface area contributed by atoms with Crippen LogP contribution in [0.3, 0.4) is 0 Å².